The highest BCUT2D eigenvalue weighted by atomic mass is 35.5. The maximum absolute atomic E-state index is 6.12. The molecule has 4 aromatic rings. The number of benzene rings is 1. The average Bonchev–Trinajstić information content (AvgIpc) is 3.25. The lowest BCUT2D eigenvalue weighted by molar-refractivity contribution is 0.415. The van der Waals surface area contributed by atoms with Crippen LogP contribution in [0.2, 0.25) is 5.02 Å². The van der Waals surface area contributed by atoms with Crippen LogP contribution in [0, 0.1) is 6.92 Å². The van der Waals surface area contributed by atoms with Crippen molar-refractivity contribution in [1.29, 1.82) is 0 Å². The first-order valence-corrected chi connectivity index (χ1v) is 9.18. The molecule has 0 aliphatic carbocycles. The summed E-state index contributed by atoms with van der Waals surface area (Å²) < 4.78 is 7.09. The molecule has 6 nitrogen and oxygen atoms in total. The Bertz CT molecular complexity index is 1090. The van der Waals surface area contributed by atoms with Gasteiger partial charge in [0.15, 0.2) is 11.6 Å². The fraction of sp³-hybridized carbons (Fsp3) is 0.167. The monoisotopic (exact) mass is 385 g/mol. The number of nitrogens with one attached hydrogen (secondary N) is 1. The van der Waals surface area contributed by atoms with E-state index in [1.807, 2.05) is 43.6 Å². The largest absolute Gasteiger partial charge is 0.495 e. The van der Waals surface area contributed by atoms with E-state index in [4.69, 9.17) is 26.3 Å². The average molecular weight is 386 g/mol. The van der Waals surface area contributed by atoms with Gasteiger partial charge in [0, 0.05) is 18.8 Å². The van der Waals surface area contributed by atoms with Gasteiger partial charge in [0.25, 0.3) is 0 Å². The van der Waals surface area contributed by atoms with Gasteiger partial charge >= 0.3 is 0 Å². The standard InChI is InChI=1S/C18H16ClN5OS/c1-10-15-16(24(2)23-10)18(22-17(21-15)14-5-4-8-26-14)20-11-6-7-12(19)13(9-11)25-3/h4-9H,1-3H3,(H,20,21,22). The summed E-state index contributed by atoms with van der Waals surface area (Å²) in [4.78, 5) is 10.5. The minimum absolute atomic E-state index is 0.557. The van der Waals surface area contributed by atoms with Crippen LogP contribution in [0.15, 0.2) is 35.7 Å². The predicted octanol–water partition coefficient (Wildman–Crippen LogP) is 4.81. The number of ether oxygens (including phenoxy) is 1. The summed E-state index contributed by atoms with van der Waals surface area (Å²) in [6.45, 7) is 1.95. The van der Waals surface area contributed by atoms with E-state index in [-0.39, 0.29) is 0 Å². The molecule has 0 bridgehead atoms. The first kappa shape index (κ1) is 16.8. The Hall–Kier alpha value is -2.64. The highest BCUT2D eigenvalue weighted by Gasteiger charge is 2.17. The summed E-state index contributed by atoms with van der Waals surface area (Å²) in [5, 5.41) is 10.4. The zero-order chi connectivity index (χ0) is 18.3. The van der Waals surface area contributed by atoms with Crippen molar-refractivity contribution in [2.24, 2.45) is 7.05 Å². The number of hydrogen-bond acceptors (Lipinski definition) is 6. The molecule has 8 heteroatoms. The van der Waals surface area contributed by atoms with E-state index in [2.05, 4.69) is 10.4 Å². The number of halogens is 1. The Labute approximate surface area is 159 Å². The molecular formula is C18H16ClN5OS. The van der Waals surface area contributed by atoms with Gasteiger partial charge in [-0.1, -0.05) is 17.7 Å². The molecule has 0 spiro atoms. The van der Waals surface area contributed by atoms with Crippen LogP contribution in [0.3, 0.4) is 0 Å². The van der Waals surface area contributed by atoms with Gasteiger partial charge < -0.3 is 10.1 Å². The molecule has 26 heavy (non-hydrogen) atoms. The maximum Gasteiger partial charge on any atom is 0.172 e. The molecule has 1 N–H and O–H groups in total. The quantitative estimate of drug-likeness (QED) is 0.546. The van der Waals surface area contributed by atoms with Gasteiger partial charge in [-0.2, -0.15) is 5.10 Å². The summed E-state index contributed by atoms with van der Waals surface area (Å²) in [5.41, 5.74) is 3.35. The lowest BCUT2D eigenvalue weighted by Crippen LogP contribution is -2.01. The van der Waals surface area contributed by atoms with Gasteiger partial charge in [-0.05, 0) is 30.5 Å². The van der Waals surface area contributed by atoms with E-state index in [9.17, 15) is 0 Å². The predicted molar refractivity (Wildman–Crippen MR) is 106 cm³/mol. The van der Waals surface area contributed by atoms with Crippen molar-refractivity contribution in [2.45, 2.75) is 6.92 Å². The zero-order valence-electron chi connectivity index (χ0n) is 14.4. The third-order valence-electron chi connectivity index (χ3n) is 4.01. The Morgan fingerprint density at radius 1 is 1.23 bits per heavy atom. The van der Waals surface area contributed by atoms with Crippen molar-refractivity contribution in [3.63, 3.8) is 0 Å². The molecule has 0 saturated heterocycles. The van der Waals surface area contributed by atoms with Crippen LogP contribution < -0.4 is 10.1 Å². The van der Waals surface area contributed by atoms with E-state index in [0.29, 0.717) is 22.4 Å². The third kappa shape index (κ3) is 2.89. The first-order chi connectivity index (χ1) is 12.6. The second-order valence-electron chi connectivity index (χ2n) is 5.75. The zero-order valence-corrected chi connectivity index (χ0v) is 16.0. The lowest BCUT2D eigenvalue weighted by atomic mass is 10.2. The minimum Gasteiger partial charge on any atom is -0.495 e. The van der Waals surface area contributed by atoms with Gasteiger partial charge in [-0.25, -0.2) is 9.97 Å². The highest BCUT2D eigenvalue weighted by molar-refractivity contribution is 7.13. The SMILES string of the molecule is COc1cc(Nc2nc(-c3cccs3)nc3c(C)nn(C)c23)ccc1Cl. The Kier molecular flexibility index (Phi) is 4.26. The first-order valence-electron chi connectivity index (χ1n) is 7.92. The maximum atomic E-state index is 6.12. The molecule has 4 rings (SSSR count). The van der Waals surface area contributed by atoms with Crippen molar-refractivity contribution >= 4 is 45.5 Å². The fourth-order valence-corrected chi connectivity index (χ4v) is 3.67. The molecule has 0 unspecified atom stereocenters. The van der Waals surface area contributed by atoms with Crippen LogP contribution in [-0.4, -0.2) is 26.9 Å². The molecular weight excluding hydrogens is 370 g/mol. The van der Waals surface area contributed by atoms with Crippen molar-refractivity contribution < 1.29 is 4.74 Å². The summed E-state index contributed by atoms with van der Waals surface area (Å²) in [6, 6.07) is 9.50. The topological polar surface area (TPSA) is 64.9 Å². The Balaban J connectivity index is 1.87. The van der Waals surface area contributed by atoms with Crippen molar-refractivity contribution in [3.05, 3.63) is 46.4 Å². The molecule has 0 aliphatic rings. The van der Waals surface area contributed by atoms with Crippen molar-refractivity contribution in [2.75, 3.05) is 12.4 Å². The second-order valence-corrected chi connectivity index (χ2v) is 7.11. The molecule has 0 saturated carbocycles. The number of thiophene rings is 1. The second kappa shape index (κ2) is 6.59. The van der Waals surface area contributed by atoms with Gasteiger partial charge in [-0.15, -0.1) is 11.3 Å². The van der Waals surface area contributed by atoms with Crippen LogP contribution >= 0.6 is 22.9 Å². The number of aryl methyl sites for hydroxylation is 2. The van der Waals surface area contributed by atoms with E-state index in [1.165, 1.54) is 0 Å². The summed E-state index contributed by atoms with van der Waals surface area (Å²) >= 11 is 7.73. The third-order valence-corrected chi connectivity index (χ3v) is 5.18. The lowest BCUT2D eigenvalue weighted by Gasteiger charge is -2.11. The summed E-state index contributed by atoms with van der Waals surface area (Å²) in [5.74, 6) is 1.96. The van der Waals surface area contributed by atoms with E-state index < -0.39 is 0 Å². The van der Waals surface area contributed by atoms with Crippen LogP contribution in [-0.2, 0) is 7.05 Å². The van der Waals surface area contributed by atoms with Crippen LogP contribution in [0.1, 0.15) is 5.69 Å². The van der Waals surface area contributed by atoms with Crippen molar-refractivity contribution in [1.82, 2.24) is 19.7 Å². The number of rotatable bonds is 4. The molecule has 0 radical (unpaired) electrons. The molecule has 0 atom stereocenters. The van der Waals surface area contributed by atoms with E-state index >= 15 is 0 Å². The number of aromatic nitrogens is 4. The normalized spacial score (nSPS) is 11.1. The van der Waals surface area contributed by atoms with Crippen LogP contribution in [0.25, 0.3) is 21.7 Å². The van der Waals surface area contributed by atoms with Crippen LogP contribution in [0.5, 0.6) is 5.75 Å². The number of nitrogens with zero attached hydrogens (tertiary/aromatic N) is 4. The number of fused-ring (bicyclic) bond motifs is 1. The van der Waals surface area contributed by atoms with E-state index in [1.54, 1.807) is 29.2 Å². The molecule has 3 aromatic heterocycles. The Morgan fingerprint density at radius 2 is 2.08 bits per heavy atom. The number of hydrogen-bond donors (Lipinski definition) is 1. The highest BCUT2D eigenvalue weighted by Crippen LogP contribution is 2.33. The molecule has 132 valence electrons. The van der Waals surface area contributed by atoms with Gasteiger partial charge in [0.1, 0.15) is 16.8 Å². The molecule has 0 aliphatic heterocycles. The molecule has 1 aromatic carbocycles. The fourth-order valence-electron chi connectivity index (χ4n) is 2.81. The number of methoxy groups -OCH3 is 1. The van der Waals surface area contributed by atoms with E-state index in [0.717, 1.165) is 27.3 Å². The van der Waals surface area contributed by atoms with Crippen LogP contribution in [0.4, 0.5) is 11.5 Å². The van der Waals surface area contributed by atoms with Gasteiger partial charge in [0.2, 0.25) is 0 Å². The smallest absolute Gasteiger partial charge is 0.172 e. The molecule has 0 amide bonds. The van der Waals surface area contributed by atoms with Gasteiger partial charge in [0.05, 0.1) is 22.7 Å². The summed E-state index contributed by atoms with van der Waals surface area (Å²) in [7, 11) is 3.48. The number of anilines is 2. The Morgan fingerprint density at radius 3 is 2.81 bits per heavy atom. The van der Waals surface area contributed by atoms with Crippen molar-refractivity contribution in [3.8, 4) is 16.5 Å². The molecule has 0 fully saturated rings. The minimum atomic E-state index is 0.557. The summed E-state index contributed by atoms with van der Waals surface area (Å²) in [6.07, 6.45) is 0. The van der Waals surface area contributed by atoms with Gasteiger partial charge in [-0.3, -0.25) is 4.68 Å². The molecule has 3 heterocycles.